The fourth-order valence-electron chi connectivity index (χ4n) is 1.83. The minimum atomic E-state index is -0.715. The molecule has 8 nitrogen and oxygen atoms in total. The summed E-state index contributed by atoms with van der Waals surface area (Å²) < 4.78 is 1.23. The number of pyridine rings is 1. The summed E-state index contributed by atoms with van der Waals surface area (Å²) in [5.41, 5.74) is 1.97. The molecule has 3 N–H and O–H groups in total. The highest BCUT2D eigenvalue weighted by atomic mass is 16.6. The van der Waals surface area contributed by atoms with Crippen molar-refractivity contribution in [2.24, 2.45) is 5.84 Å². The Hall–Kier alpha value is -3.00. The second kappa shape index (κ2) is 5.97. The average Bonchev–Trinajstić information content (AvgIpc) is 2.49. The summed E-state index contributed by atoms with van der Waals surface area (Å²) >= 11 is 0. The quantitative estimate of drug-likeness (QED) is 0.365. The number of nitrogen functional groups attached to an aromatic ring is 1. The Morgan fingerprint density at radius 1 is 1.29 bits per heavy atom. The van der Waals surface area contributed by atoms with E-state index in [2.05, 4.69) is 0 Å². The molecule has 8 heteroatoms. The van der Waals surface area contributed by atoms with Gasteiger partial charge in [0.1, 0.15) is 0 Å². The second-order valence-corrected chi connectivity index (χ2v) is 4.25. The number of amides is 1. The first-order valence-corrected chi connectivity index (χ1v) is 5.96. The van der Waals surface area contributed by atoms with Gasteiger partial charge in [-0.05, 0) is 23.8 Å². The molecule has 1 amide bonds. The van der Waals surface area contributed by atoms with Gasteiger partial charge in [-0.2, -0.15) is 0 Å². The van der Waals surface area contributed by atoms with Gasteiger partial charge >= 0.3 is 11.2 Å². The van der Waals surface area contributed by atoms with Crippen molar-refractivity contribution in [3.63, 3.8) is 0 Å². The number of nitrogens with two attached hydrogens (primary N) is 1. The van der Waals surface area contributed by atoms with Crippen LogP contribution in [0.25, 0.3) is 0 Å². The lowest BCUT2D eigenvalue weighted by Crippen LogP contribution is -2.29. The van der Waals surface area contributed by atoms with Crippen LogP contribution >= 0.6 is 0 Å². The maximum absolute atomic E-state index is 11.9. The Kier molecular flexibility index (Phi) is 4.10. The fourth-order valence-corrected chi connectivity index (χ4v) is 1.83. The van der Waals surface area contributed by atoms with E-state index in [9.17, 15) is 19.7 Å². The van der Waals surface area contributed by atoms with E-state index in [1.165, 1.54) is 16.8 Å². The summed E-state index contributed by atoms with van der Waals surface area (Å²) in [5, 5.41) is 10.7. The van der Waals surface area contributed by atoms with E-state index < -0.39 is 22.1 Å². The van der Waals surface area contributed by atoms with Crippen molar-refractivity contribution in [2.75, 3.05) is 0 Å². The molecule has 0 unspecified atom stereocenters. The largest absolute Gasteiger partial charge is 0.334 e. The number of aromatic nitrogens is 1. The van der Waals surface area contributed by atoms with Gasteiger partial charge in [-0.15, -0.1) is 0 Å². The first kappa shape index (κ1) is 14.4. The standard InChI is InChI=1S/C13H12N4O4/c14-15-12(18)10-5-3-9(4-6-10)8-16-7-1-2-11(13(16)19)17(20)21/h1-7H,8,14H2,(H,15,18). The molecule has 0 bridgehead atoms. The number of nitrogens with one attached hydrogen (secondary N) is 1. The van der Waals surface area contributed by atoms with E-state index in [4.69, 9.17) is 5.84 Å². The topological polar surface area (TPSA) is 120 Å². The van der Waals surface area contributed by atoms with Crippen molar-refractivity contribution in [1.82, 2.24) is 9.99 Å². The van der Waals surface area contributed by atoms with Crippen LogP contribution in [0.4, 0.5) is 5.69 Å². The lowest BCUT2D eigenvalue weighted by molar-refractivity contribution is -0.386. The molecule has 1 aromatic heterocycles. The van der Waals surface area contributed by atoms with Gasteiger partial charge in [-0.25, -0.2) is 5.84 Å². The maximum Gasteiger partial charge on any atom is 0.334 e. The molecule has 1 heterocycles. The van der Waals surface area contributed by atoms with Gasteiger partial charge in [0, 0.05) is 17.8 Å². The van der Waals surface area contributed by atoms with Gasteiger partial charge in [-0.3, -0.25) is 25.1 Å². The smallest absolute Gasteiger partial charge is 0.305 e. The highest BCUT2D eigenvalue weighted by molar-refractivity contribution is 5.93. The van der Waals surface area contributed by atoms with Crippen molar-refractivity contribution in [1.29, 1.82) is 0 Å². The molecule has 0 radical (unpaired) electrons. The minimum absolute atomic E-state index is 0.172. The minimum Gasteiger partial charge on any atom is -0.305 e. The van der Waals surface area contributed by atoms with Crippen LogP contribution in [0.15, 0.2) is 47.4 Å². The Morgan fingerprint density at radius 2 is 1.95 bits per heavy atom. The number of benzene rings is 1. The van der Waals surface area contributed by atoms with E-state index in [-0.39, 0.29) is 6.54 Å². The van der Waals surface area contributed by atoms with Crippen LogP contribution in [0, 0.1) is 10.1 Å². The van der Waals surface area contributed by atoms with Gasteiger partial charge in [-0.1, -0.05) is 12.1 Å². The third-order valence-corrected chi connectivity index (χ3v) is 2.90. The predicted octanol–water partition coefficient (Wildman–Crippen LogP) is 0.408. The normalized spacial score (nSPS) is 10.1. The fraction of sp³-hybridized carbons (Fsp3) is 0.0769. The Labute approximate surface area is 118 Å². The van der Waals surface area contributed by atoms with Gasteiger partial charge in [0.25, 0.3) is 5.91 Å². The van der Waals surface area contributed by atoms with Gasteiger partial charge < -0.3 is 4.57 Å². The van der Waals surface area contributed by atoms with Crippen LogP contribution in [0.1, 0.15) is 15.9 Å². The van der Waals surface area contributed by atoms with Crippen molar-refractivity contribution in [3.8, 4) is 0 Å². The number of rotatable bonds is 4. The first-order valence-electron chi connectivity index (χ1n) is 5.96. The van der Waals surface area contributed by atoms with Crippen molar-refractivity contribution in [3.05, 3.63) is 74.2 Å². The molecule has 21 heavy (non-hydrogen) atoms. The zero-order valence-electron chi connectivity index (χ0n) is 10.9. The third kappa shape index (κ3) is 3.12. The number of nitrogens with zero attached hydrogens (tertiary/aromatic N) is 2. The summed E-state index contributed by atoms with van der Waals surface area (Å²) in [6.07, 6.45) is 1.47. The van der Waals surface area contributed by atoms with Crippen LogP contribution in [0.3, 0.4) is 0 Å². The van der Waals surface area contributed by atoms with Gasteiger partial charge in [0.2, 0.25) is 0 Å². The van der Waals surface area contributed by atoms with Crippen LogP contribution in [0.2, 0.25) is 0 Å². The number of carbonyl (C=O) groups is 1. The number of hydrogen-bond acceptors (Lipinski definition) is 5. The van der Waals surface area contributed by atoms with Crippen molar-refractivity contribution < 1.29 is 9.72 Å². The first-order chi connectivity index (χ1) is 10.0. The van der Waals surface area contributed by atoms with Gasteiger partial charge in [0.05, 0.1) is 11.5 Å². The number of hydrogen-bond donors (Lipinski definition) is 2. The molecule has 2 rings (SSSR count). The molecule has 0 spiro atoms. The van der Waals surface area contributed by atoms with Crippen molar-refractivity contribution in [2.45, 2.75) is 6.54 Å². The number of carbonyl (C=O) groups excluding carboxylic acids is 1. The molecule has 0 aliphatic carbocycles. The molecule has 0 saturated heterocycles. The molecule has 108 valence electrons. The van der Waals surface area contributed by atoms with E-state index >= 15 is 0 Å². The zero-order chi connectivity index (χ0) is 15.4. The summed E-state index contributed by atoms with van der Waals surface area (Å²) in [6, 6.07) is 9.01. The second-order valence-electron chi connectivity index (χ2n) is 4.25. The lowest BCUT2D eigenvalue weighted by Gasteiger charge is -2.06. The molecule has 0 fully saturated rings. The van der Waals surface area contributed by atoms with Crippen LogP contribution in [-0.2, 0) is 6.54 Å². The molecular formula is C13H12N4O4. The zero-order valence-corrected chi connectivity index (χ0v) is 10.9. The highest BCUT2D eigenvalue weighted by Crippen LogP contribution is 2.07. The Morgan fingerprint density at radius 3 is 2.52 bits per heavy atom. The van der Waals surface area contributed by atoms with E-state index in [1.807, 2.05) is 5.43 Å². The highest BCUT2D eigenvalue weighted by Gasteiger charge is 2.13. The molecule has 0 aliphatic heterocycles. The summed E-state index contributed by atoms with van der Waals surface area (Å²) in [4.78, 5) is 33.2. The van der Waals surface area contributed by atoms with Crippen LogP contribution in [0.5, 0.6) is 0 Å². The summed E-state index contributed by atoms with van der Waals surface area (Å²) in [5.74, 6) is 4.60. The third-order valence-electron chi connectivity index (χ3n) is 2.90. The van der Waals surface area contributed by atoms with E-state index in [1.54, 1.807) is 24.3 Å². The number of nitro groups is 1. The molecule has 0 atom stereocenters. The van der Waals surface area contributed by atoms with Crippen molar-refractivity contribution >= 4 is 11.6 Å². The monoisotopic (exact) mass is 288 g/mol. The van der Waals surface area contributed by atoms with Crippen LogP contribution in [-0.4, -0.2) is 15.4 Å². The molecular weight excluding hydrogens is 276 g/mol. The SMILES string of the molecule is NNC(=O)c1ccc(Cn2cccc([N+](=O)[O-])c2=O)cc1. The van der Waals surface area contributed by atoms with Crippen LogP contribution < -0.4 is 16.8 Å². The predicted molar refractivity (Wildman–Crippen MR) is 74.6 cm³/mol. The summed E-state index contributed by atoms with van der Waals surface area (Å²) in [7, 11) is 0. The maximum atomic E-state index is 11.9. The number of hydrazine groups is 1. The lowest BCUT2D eigenvalue weighted by atomic mass is 10.1. The average molecular weight is 288 g/mol. The summed E-state index contributed by atoms with van der Waals surface area (Å²) in [6.45, 7) is 0.172. The molecule has 0 aliphatic rings. The molecule has 0 saturated carbocycles. The molecule has 2 aromatic rings. The van der Waals surface area contributed by atoms with E-state index in [0.29, 0.717) is 5.56 Å². The Bertz CT molecular complexity index is 737. The van der Waals surface area contributed by atoms with E-state index in [0.717, 1.165) is 11.6 Å². The molecule has 1 aromatic carbocycles. The van der Waals surface area contributed by atoms with Gasteiger partial charge in [0.15, 0.2) is 0 Å². The Balaban J connectivity index is 2.27.